The first kappa shape index (κ1) is 12.1. The number of hydrogen-bond donors (Lipinski definition) is 2. The van der Waals surface area contributed by atoms with Crippen molar-refractivity contribution in [2.24, 2.45) is 0 Å². The van der Waals surface area contributed by atoms with Gasteiger partial charge in [0, 0.05) is 24.7 Å². The molecule has 1 amide bonds. The first-order chi connectivity index (χ1) is 8.15. The zero-order valence-corrected chi connectivity index (χ0v) is 10.5. The molecule has 0 saturated heterocycles. The van der Waals surface area contributed by atoms with Gasteiger partial charge in [0.15, 0.2) is 0 Å². The summed E-state index contributed by atoms with van der Waals surface area (Å²) >= 11 is 0. The predicted octanol–water partition coefficient (Wildman–Crippen LogP) is 2.85. The van der Waals surface area contributed by atoms with E-state index in [1.807, 2.05) is 18.2 Å². The monoisotopic (exact) mass is 232 g/mol. The zero-order valence-electron chi connectivity index (χ0n) is 10.5. The lowest BCUT2D eigenvalue weighted by Gasteiger charge is -2.30. The molecule has 1 aromatic carbocycles. The summed E-state index contributed by atoms with van der Waals surface area (Å²) in [7, 11) is 0. The second-order valence-electron chi connectivity index (χ2n) is 4.82. The van der Waals surface area contributed by atoms with Crippen molar-refractivity contribution in [3.05, 3.63) is 29.8 Å². The van der Waals surface area contributed by atoms with Crippen LogP contribution in [-0.2, 0) is 4.79 Å². The number of carbonyl (C=O) groups excluding carboxylic acids is 1. The minimum absolute atomic E-state index is 0.0262. The second kappa shape index (κ2) is 5.32. The van der Waals surface area contributed by atoms with Gasteiger partial charge in [-0.2, -0.15) is 0 Å². The lowest BCUT2D eigenvalue weighted by Crippen LogP contribution is -2.36. The van der Waals surface area contributed by atoms with Gasteiger partial charge in [0.1, 0.15) is 0 Å². The maximum atomic E-state index is 11.0. The highest BCUT2D eigenvalue weighted by Gasteiger charge is 2.19. The molecule has 3 nitrogen and oxygen atoms in total. The first-order valence-electron chi connectivity index (χ1n) is 6.29. The second-order valence-corrected chi connectivity index (χ2v) is 4.82. The molecule has 1 saturated carbocycles. The summed E-state index contributed by atoms with van der Waals surface area (Å²) in [6, 6.07) is 9.06. The van der Waals surface area contributed by atoms with Crippen LogP contribution in [0.25, 0.3) is 0 Å². The van der Waals surface area contributed by atoms with Crippen LogP contribution in [0.1, 0.15) is 44.7 Å². The third-order valence-electron chi connectivity index (χ3n) is 3.30. The Morgan fingerprint density at radius 3 is 2.76 bits per heavy atom. The number of anilines is 1. The van der Waals surface area contributed by atoms with Crippen LogP contribution in [0.4, 0.5) is 5.69 Å². The Labute approximate surface area is 103 Å². The van der Waals surface area contributed by atoms with Crippen LogP contribution in [0.3, 0.4) is 0 Å². The van der Waals surface area contributed by atoms with E-state index in [2.05, 4.69) is 23.6 Å². The highest BCUT2D eigenvalue weighted by molar-refractivity contribution is 5.88. The summed E-state index contributed by atoms with van der Waals surface area (Å²) in [5, 5.41) is 6.42. The quantitative estimate of drug-likeness (QED) is 0.838. The average molecular weight is 232 g/mol. The molecule has 17 heavy (non-hydrogen) atoms. The van der Waals surface area contributed by atoms with E-state index < -0.39 is 0 Å². The third kappa shape index (κ3) is 3.30. The maximum Gasteiger partial charge on any atom is 0.221 e. The van der Waals surface area contributed by atoms with Gasteiger partial charge >= 0.3 is 0 Å². The van der Waals surface area contributed by atoms with Gasteiger partial charge < -0.3 is 10.6 Å². The molecule has 1 fully saturated rings. The van der Waals surface area contributed by atoms with Crippen molar-refractivity contribution in [2.45, 2.75) is 45.2 Å². The van der Waals surface area contributed by atoms with Crippen LogP contribution in [0.2, 0.25) is 0 Å². The zero-order chi connectivity index (χ0) is 12.3. The summed E-state index contributed by atoms with van der Waals surface area (Å²) in [6.45, 7) is 3.70. The largest absolute Gasteiger partial charge is 0.326 e. The first-order valence-corrected chi connectivity index (χ1v) is 6.29. The fraction of sp³-hybridized carbons (Fsp3) is 0.500. The van der Waals surface area contributed by atoms with Gasteiger partial charge in [0.2, 0.25) is 5.91 Å². The van der Waals surface area contributed by atoms with Crippen molar-refractivity contribution < 1.29 is 4.79 Å². The van der Waals surface area contributed by atoms with Gasteiger partial charge in [-0.05, 0) is 37.5 Å². The molecule has 0 aromatic heterocycles. The number of amides is 1. The summed E-state index contributed by atoms with van der Waals surface area (Å²) in [4.78, 5) is 11.0. The van der Waals surface area contributed by atoms with E-state index in [-0.39, 0.29) is 5.91 Å². The molecule has 2 rings (SSSR count). The van der Waals surface area contributed by atoms with E-state index in [0.29, 0.717) is 12.1 Å². The molecular weight excluding hydrogens is 212 g/mol. The maximum absolute atomic E-state index is 11.0. The molecule has 1 aliphatic rings. The number of rotatable bonds is 4. The lowest BCUT2D eigenvalue weighted by atomic mass is 9.92. The molecule has 1 aromatic rings. The third-order valence-corrected chi connectivity index (χ3v) is 3.30. The molecule has 0 radical (unpaired) electrons. The van der Waals surface area contributed by atoms with Crippen molar-refractivity contribution in [3.63, 3.8) is 0 Å². The topological polar surface area (TPSA) is 41.1 Å². The minimum atomic E-state index is -0.0262. The van der Waals surface area contributed by atoms with Crippen LogP contribution >= 0.6 is 0 Å². The number of hydrogen-bond acceptors (Lipinski definition) is 2. The van der Waals surface area contributed by atoms with Crippen molar-refractivity contribution in [1.29, 1.82) is 0 Å². The predicted molar refractivity (Wildman–Crippen MR) is 69.9 cm³/mol. The average Bonchev–Trinajstić information content (AvgIpc) is 2.22. The molecule has 92 valence electrons. The standard InChI is InChI=1S/C14H20N2O/c1-10(15-13-6-4-7-13)12-5-3-8-14(9-12)16-11(2)17/h3,5,8-10,13,15H,4,6-7H2,1-2H3,(H,16,17). The van der Waals surface area contributed by atoms with Crippen molar-refractivity contribution in [3.8, 4) is 0 Å². The molecule has 0 bridgehead atoms. The molecule has 1 atom stereocenters. The van der Waals surface area contributed by atoms with Crippen molar-refractivity contribution >= 4 is 11.6 Å². The van der Waals surface area contributed by atoms with E-state index in [1.165, 1.54) is 31.7 Å². The van der Waals surface area contributed by atoms with E-state index in [0.717, 1.165) is 5.69 Å². The fourth-order valence-electron chi connectivity index (χ4n) is 2.11. The van der Waals surface area contributed by atoms with E-state index in [1.54, 1.807) is 0 Å². The number of carbonyl (C=O) groups is 1. The molecule has 0 heterocycles. The SMILES string of the molecule is CC(=O)Nc1cccc(C(C)NC2CCC2)c1. The van der Waals surface area contributed by atoms with Crippen LogP contribution in [0.5, 0.6) is 0 Å². The molecule has 0 aliphatic heterocycles. The summed E-state index contributed by atoms with van der Waals surface area (Å²) < 4.78 is 0. The smallest absolute Gasteiger partial charge is 0.221 e. The molecule has 2 N–H and O–H groups in total. The highest BCUT2D eigenvalue weighted by atomic mass is 16.1. The molecule has 1 aliphatic carbocycles. The molecule has 0 spiro atoms. The Morgan fingerprint density at radius 1 is 1.41 bits per heavy atom. The van der Waals surface area contributed by atoms with Gasteiger partial charge in [-0.1, -0.05) is 18.6 Å². The van der Waals surface area contributed by atoms with Crippen molar-refractivity contribution in [1.82, 2.24) is 5.32 Å². The Bertz CT molecular complexity index is 399. The van der Waals surface area contributed by atoms with Gasteiger partial charge in [-0.25, -0.2) is 0 Å². The molecule has 3 heteroatoms. The van der Waals surface area contributed by atoms with Crippen molar-refractivity contribution in [2.75, 3.05) is 5.32 Å². The summed E-state index contributed by atoms with van der Waals surface area (Å²) in [6.07, 6.45) is 3.92. The van der Waals surface area contributed by atoms with Crippen LogP contribution in [0.15, 0.2) is 24.3 Å². The highest BCUT2D eigenvalue weighted by Crippen LogP contribution is 2.24. The van der Waals surface area contributed by atoms with Gasteiger partial charge in [0.25, 0.3) is 0 Å². The summed E-state index contributed by atoms with van der Waals surface area (Å²) in [5.41, 5.74) is 2.10. The van der Waals surface area contributed by atoms with Crippen LogP contribution < -0.4 is 10.6 Å². The lowest BCUT2D eigenvalue weighted by molar-refractivity contribution is -0.114. The normalized spacial score (nSPS) is 17.3. The van der Waals surface area contributed by atoms with E-state index >= 15 is 0 Å². The van der Waals surface area contributed by atoms with Crippen LogP contribution in [0, 0.1) is 0 Å². The van der Waals surface area contributed by atoms with Gasteiger partial charge in [-0.15, -0.1) is 0 Å². The van der Waals surface area contributed by atoms with Gasteiger partial charge in [0.05, 0.1) is 0 Å². The Hall–Kier alpha value is -1.35. The van der Waals surface area contributed by atoms with Crippen LogP contribution in [-0.4, -0.2) is 11.9 Å². The number of nitrogens with one attached hydrogen (secondary N) is 2. The Kier molecular flexibility index (Phi) is 3.79. The molecular formula is C14H20N2O. The Balaban J connectivity index is 2.00. The van der Waals surface area contributed by atoms with E-state index in [4.69, 9.17) is 0 Å². The number of benzene rings is 1. The summed E-state index contributed by atoms with van der Waals surface area (Å²) in [5.74, 6) is -0.0262. The Morgan fingerprint density at radius 2 is 2.18 bits per heavy atom. The molecule has 1 unspecified atom stereocenters. The van der Waals surface area contributed by atoms with E-state index in [9.17, 15) is 4.79 Å². The van der Waals surface area contributed by atoms with Gasteiger partial charge in [-0.3, -0.25) is 4.79 Å². The fourth-order valence-corrected chi connectivity index (χ4v) is 2.11. The minimum Gasteiger partial charge on any atom is -0.326 e.